The first-order valence-electron chi connectivity index (χ1n) is 4.14. The van der Waals surface area contributed by atoms with E-state index in [1.807, 2.05) is 0 Å². The number of aromatic nitrogens is 2. The first-order valence-corrected chi connectivity index (χ1v) is 4.93. The summed E-state index contributed by atoms with van der Waals surface area (Å²) in [5.74, 6) is 0.441. The van der Waals surface area contributed by atoms with Crippen molar-refractivity contribution in [3.8, 4) is 11.5 Å². The van der Waals surface area contributed by atoms with Crippen molar-refractivity contribution >= 4 is 15.9 Å². The Hall–Kier alpha value is -1.56. The maximum Gasteiger partial charge on any atom is 0.328 e. The number of aromatic amines is 1. The molecular formula is C9H7BrN2O3. The average Bonchev–Trinajstić information content (AvgIpc) is 2.60. The van der Waals surface area contributed by atoms with Crippen molar-refractivity contribution in [2.75, 3.05) is 0 Å². The van der Waals surface area contributed by atoms with Crippen LogP contribution in [0.25, 0.3) is 11.5 Å². The van der Waals surface area contributed by atoms with E-state index in [4.69, 9.17) is 4.42 Å². The predicted molar refractivity (Wildman–Crippen MR) is 57.7 cm³/mol. The van der Waals surface area contributed by atoms with Crippen LogP contribution in [0.4, 0.5) is 0 Å². The van der Waals surface area contributed by atoms with Crippen LogP contribution in [0.15, 0.2) is 36.9 Å². The molecule has 15 heavy (non-hydrogen) atoms. The molecule has 0 unspecified atom stereocenters. The Labute approximate surface area is 92.5 Å². The minimum Gasteiger partial charge on any atom is -0.448 e. The largest absolute Gasteiger partial charge is 0.448 e. The lowest BCUT2D eigenvalue weighted by Crippen LogP contribution is -2.32. The van der Waals surface area contributed by atoms with Crippen LogP contribution in [0, 0.1) is 0 Å². The van der Waals surface area contributed by atoms with Crippen molar-refractivity contribution in [1.29, 1.82) is 0 Å². The van der Waals surface area contributed by atoms with E-state index < -0.39 is 5.69 Å². The Morgan fingerprint density at radius 2 is 2.13 bits per heavy atom. The molecule has 0 aliphatic heterocycles. The van der Waals surface area contributed by atoms with Crippen molar-refractivity contribution < 1.29 is 4.42 Å². The van der Waals surface area contributed by atoms with E-state index in [0.29, 0.717) is 16.1 Å². The molecule has 5 nitrogen and oxygen atoms in total. The lowest BCUT2D eigenvalue weighted by molar-refractivity contribution is 0.552. The minimum atomic E-state index is -0.468. The quantitative estimate of drug-likeness (QED) is 0.844. The monoisotopic (exact) mass is 270 g/mol. The molecule has 2 aromatic heterocycles. The van der Waals surface area contributed by atoms with Gasteiger partial charge in [0.25, 0.3) is 5.56 Å². The van der Waals surface area contributed by atoms with Gasteiger partial charge in [0.2, 0.25) is 0 Å². The van der Waals surface area contributed by atoms with E-state index in [9.17, 15) is 9.59 Å². The van der Waals surface area contributed by atoms with Gasteiger partial charge in [0.15, 0.2) is 10.4 Å². The molecule has 1 N–H and O–H groups in total. The van der Waals surface area contributed by atoms with Crippen LogP contribution < -0.4 is 11.2 Å². The third-order valence-electron chi connectivity index (χ3n) is 1.98. The molecule has 0 aliphatic carbocycles. The predicted octanol–water partition coefficient (Wildman–Crippen LogP) is 1.10. The van der Waals surface area contributed by atoms with Gasteiger partial charge in [0.05, 0.1) is 5.69 Å². The van der Waals surface area contributed by atoms with Crippen LogP contribution in [-0.2, 0) is 7.05 Å². The fourth-order valence-electron chi connectivity index (χ4n) is 1.15. The van der Waals surface area contributed by atoms with Crippen molar-refractivity contribution in [2.24, 2.45) is 7.05 Å². The highest BCUT2D eigenvalue weighted by Crippen LogP contribution is 2.21. The first kappa shape index (κ1) is 9.97. The Kier molecular flexibility index (Phi) is 2.36. The minimum absolute atomic E-state index is 0.369. The SMILES string of the molecule is Cn1c(=O)cc(-c2ccc(Br)o2)[nH]c1=O. The van der Waals surface area contributed by atoms with Gasteiger partial charge in [-0.1, -0.05) is 0 Å². The lowest BCUT2D eigenvalue weighted by atomic mass is 10.3. The zero-order chi connectivity index (χ0) is 11.0. The molecule has 0 spiro atoms. The normalized spacial score (nSPS) is 10.5. The summed E-state index contributed by atoms with van der Waals surface area (Å²) in [7, 11) is 1.41. The van der Waals surface area contributed by atoms with E-state index in [1.54, 1.807) is 12.1 Å². The molecule has 0 saturated carbocycles. The van der Waals surface area contributed by atoms with Crippen molar-refractivity contribution in [3.05, 3.63) is 43.7 Å². The first-order chi connectivity index (χ1) is 7.08. The summed E-state index contributed by atoms with van der Waals surface area (Å²) in [5.41, 5.74) is -0.472. The second-order valence-electron chi connectivity index (χ2n) is 2.99. The van der Waals surface area contributed by atoms with Crippen LogP contribution in [-0.4, -0.2) is 9.55 Å². The molecule has 2 rings (SSSR count). The van der Waals surface area contributed by atoms with Crippen LogP contribution in [0.3, 0.4) is 0 Å². The second-order valence-corrected chi connectivity index (χ2v) is 3.77. The van der Waals surface area contributed by atoms with Gasteiger partial charge >= 0.3 is 5.69 Å². The van der Waals surface area contributed by atoms with Gasteiger partial charge in [0.1, 0.15) is 0 Å². The molecule has 2 heterocycles. The molecule has 0 bridgehead atoms. The fraction of sp³-hybridized carbons (Fsp3) is 0.111. The van der Waals surface area contributed by atoms with E-state index in [-0.39, 0.29) is 5.56 Å². The van der Waals surface area contributed by atoms with Gasteiger partial charge in [-0.15, -0.1) is 0 Å². The standard InChI is InChI=1S/C9H7BrN2O3/c1-12-8(13)4-5(11-9(12)14)6-2-3-7(10)15-6/h2-4H,1H3,(H,11,14). The maximum atomic E-state index is 11.3. The van der Waals surface area contributed by atoms with Gasteiger partial charge in [-0.3, -0.25) is 9.36 Å². The van der Waals surface area contributed by atoms with Gasteiger partial charge in [0, 0.05) is 13.1 Å². The number of furan rings is 1. The number of rotatable bonds is 1. The lowest BCUT2D eigenvalue weighted by Gasteiger charge is -1.98. The third-order valence-corrected chi connectivity index (χ3v) is 2.41. The Morgan fingerprint density at radius 1 is 1.40 bits per heavy atom. The van der Waals surface area contributed by atoms with Crippen molar-refractivity contribution in [3.63, 3.8) is 0 Å². The Morgan fingerprint density at radius 3 is 2.67 bits per heavy atom. The van der Waals surface area contributed by atoms with Crippen LogP contribution >= 0.6 is 15.9 Å². The molecule has 0 atom stereocenters. The third kappa shape index (κ3) is 1.80. The number of halogens is 1. The summed E-state index contributed by atoms with van der Waals surface area (Å²) in [6.07, 6.45) is 0. The summed E-state index contributed by atoms with van der Waals surface area (Å²) >= 11 is 3.14. The number of nitrogens with zero attached hydrogens (tertiary/aromatic N) is 1. The Balaban J connectivity index is 2.65. The van der Waals surface area contributed by atoms with Gasteiger partial charge in [-0.05, 0) is 28.1 Å². The fourth-order valence-corrected chi connectivity index (χ4v) is 1.45. The summed E-state index contributed by atoms with van der Waals surface area (Å²) in [4.78, 5) is 25.2. The molecular weight excluding hydrogens is 264 g/mol. The molecule has 0 radical (unpaired) electrons. The highest BCUT2D eigenvalue weighted by atomic mass is 79.9. The summed E-state index contributed by atoms with van der Waals surface area (Å²) in [6.45, 7) is 0. The number of hydrogen-bond acceptors (Lipinski definition) is 3. The number of hydrogen-bond donors (Lipinski definition) is 1. The van der Waals surface area contributed by atoms with Crippen molar-refractivity contribution in [1.82, 2.24) is 9.55 Å². The summed E-state index contributed by atoms with van der Waals surface area (Å²) in [6, 6.07) is 4.66. The second kappa shape index (κ2) is 3.54. The molecule has 78 valence electrons. The average molecular weight is 271 g/mol. The highest BCUT2D eigenvalue weighted by molar-refractivity contribution is 9.10. The molecule has 0 amide bonds. The van der Waals surface area contributed by atoms with E-state index in [0.717, 1.165) is 4.57 Å². The van der Waals surface area contributed by atoms with Gasteiger partial charge in [-0.2, -0.15) is 0 Å². The van der Waals surface area contributed by atoms with Crippen LogP contribution in [0.1, 0.15) is 0 Å². The smallest absolute Gasteiger partial charge is 0.328 e. The maximum absolute atomic E-state index is 11.3. The topological polar surface area (TPSA) is 68.0 Å². The van der Waals surface area contributed by atoms with Crippen molar-refractivity contribution in [2.45, 2.75) is 0 Å². The Bertz CT molecular complexity index is 577. The van der Waals surface area contributed by atoms with Gasteiger partial charge in [-0.25, -0.2) is 4.79 Å². The van der Waals surface area contributed by atoms with E-state index in [1.165, 1.54) is 13.1 Å². The summed E-state index contributed by atoms with van der Waals surface area (Å²) in [5, 5.41) is 0. The van der Waals surface area contributed by atoms with E-state index in [2.05, 4.69) is 20.9 Å². The molecule has 0 fully saturated rings. The zero-order valence-corrected chi connectivity index (χ0v) is 9.37. The molecule has 0 saturated heterocycles. The van der Waals surface area contributed by atoms with Crippen LogP contribution in [0.2, 0.25) is 0 Å². The van der Waals surface area contributed by atoms with Gasteiger partial charge < -0.3 is 9.40 Å². The molecule has 0 aromatic carbocycles. The van der Waals surface area contributed by atoms with E-state index >= 15 is 0 Å². The van der Waals surface area contributed by atoms with Crippen LogP contribution in [0.5, 0.6) is 0 Å². The molecule has 2 aromatic rings. The molecule has 6 heteroatoms. The summed E-state index contributed by atoms with van der Waals surface area (Å²) < 4.78 is 6.75. The number of nitrogens with one attached hydrogen (secondary N) is 1. The molecule has 0 aliphatic rings. The highest BCUT2D eigenvalue weighted by Gasteiger charge is 2.06. The number of H-pyrrole nitrogens is 1. The zero-order valence-electron chi connectivity index (χ0n) is 7.78.